The van der Waals surface area contributed by atoms with Gasteiger partial charge in [0.1, 0.15) is 0 Å². The molecule has 3 heteroatoms. The molecule has 0 fully saturated rings. The van der Waals surface area contributed by atoms with Crippen LogP contribution in [0.25, 0.3) is 0 Å². The van der Waals surface area contributed by atoms with Gasteiger partial charge >= 0.3 is 0 Å². The lowest BCUT2D eigenvalue weighted by Gasteiger charge is -2.10. The Kier molecular flexibility index (Phi) is 4.16. The summed E-state index contributed by atoms with van der Waals surface area (Å²) in [6.07, 6.45) is 3.02. The third kappa shape index (κ3) is 2.72. The van der Waals surface area contributed by atoms with Gasteiger partial charge in [0.05, 0.1) is 0 Å². The maximum atomic E-state index is 11.6. The Balaban J connectivity index is 3.03. The number of rotatable bonds is 4. The molecule has 0 atom stereocenters. The van der Waals surface area contributed by atoms with Crippen molar-refractivity contribution in [3.63, 3.8) is 0 Å². The molecule has 1 aromatic rings. The summed E-state index contributed by atoms with van der Waals surface area (Å²) in [5, 5.41) is 2.63. The van der Waals surface area contributed by atoms with E-state index in [0.717, 1.165) is 24.8 Å². The largest absolute Gasteiger partial charge is 0.398 e. The molecule has 3 nitrogen and oxygen atoms in total. The molecule has 0 aliphatic rings. The van der Waals surface area contributed by atoms with Gasteiger partial charge in [-0.05, 0) is 30.5 Å². The number of amides is 1. The van der Waals surface area contributed by atoms with Gasteiger partial charge in [-0.25, -0.2) is 0 Å². The van der Waals surface area contributed by atoms with Crippen LogP contribution in [0.4, 0.5) is 5.69 Å². The van der Waals surface area contributed by atoms with E-state index in [4.69, 9.17) is 5.73 Å². The van der Waals surface area contributed by atoms with Gasteiger partial charge in [-0.1, -0.05) is 19.4 Å². The highest BCUT2D eigenvalue weighted by Crippen LogP contribution is 2.19. The average Bonchev–Trinajstić information content (AvgIpc) is 2.26. The smallest absolute Gasteiger partial charge is 0.251 e. The number of nitrogen functional groups attached to an aromatic ring is 1. The second kappa shape index (κ2) is 5.39. The fourth-order valence-electron chi connectivity index (χ4n) is 1.58. The predicted molar refractivity (Wildman–Crippen MR) is 62.9 cm³/mol. The van der Waals surface area contributed by atoms with Crippen molar-refractivity contribution in [3.8, 4) is 0 Å². The van der Waals surface area contributed by atoms with Crippen LogP contribution in [0.1, 0.15) is 35.7 Å². The molecule has 0 spiro atoms. The van der Waals surface area contributed by atoms with Gasteiger partial charge in [0, 0.05) is 18.3 Å². The van der Waals surface area contributed by atoms with Gasteiger partial charge in [0.25, 0.3) is 5.91 Å². The van der Waals surface area contributed by atoms with Crippen molar-refractivity contribution in [1.82, 2.24) is 5.32 Å². The lowest BCUT2D eigenvalue weighted by molar-refractivity contribution is 0.0962. The monoisotopic (exact) mass is 206 g/mol. The first-order valence-electron chi connectivity index (χ1n) is 5.30. The summed E-state index contributed by atoms with van der Waals surface area (Å²) in [5.74, 6) is -0.0617. The number of nitrogens with two attached hydrogens (primary N) is 1. The molecule has 0 unspecified atom stereocenters. The first-order valence-corrected chi connectivity index (χ1v) is 5.30. The molecule has 1 amide bonds. The van der Waals surface area contributed by atoms with Gasteiger partial charge < -0.3 is 11.1 Å². The number of hydrogen-bond donors (Lipinski definition) is 2. The highest BCUT2D eigenvalue weighted by molar-refractivity contribution is 5.96. The van der Waals surface area contributed by atoms with Crippen LogP contribution >= 0.6 is 0 Å². The van der Waals surface area contributed by atoms with E-state index >= 15 is 0 Å². The SMILES string of the molecule is CCCCc1c(N)cccc1C(=O)NC. The second-order valence-electron chi connectivity index (χ2n) is 3.56. The summed E-state index contributed by atoms with van der Waals surface area (Å²) in [7, 11) is 1.63. The Hall–Kier alpha value is -1.51. The molecule has 1 rings (SSSR count). The molecule has 0 aliphatic heterocycles. The second-order valence-corrected chi connectivity index (χ2v) is 3.56. The molecule has 0 heterocycles. The van der Waals surface area contributed by atoms with Crippen LogP contribution in [0.15, 0.2) is 18.2 Å². The molecule has 82 valence electrons. The number of anilines is 1. The molecular weight excluding hydrogens is 188 g/mol. The van der Waals surface area contributed by atoms with Gasteiger partial charge in [0.2, 0.25) is 0 Å². The maximum Gasteiger partial charge on any atom is 0.251 e. The number of carbonyl (C=O) groups is 1. The average molecular weight is 206 g/mol. The van der Waals surface area contributed by atoms with Crippen LogP contribution in [0.2, 0.25) is 0 Å². The molecule has 0 aliphatic carbocycles. The van der Waals surface area contributed by atoms with Gasteiger partial charge in [-0.2, -0.15) is 0 Å². The van der Waals surface area contributed by atoms with Crippen molar-refractivity contribution in [3.05, 3.63) is 29.3 Å². The summed E-state index contributed by atoms with van der Waals surface area (Å²) in [6.45, 7) is 2.12. The van der Waals surface area contributed by atoms with Crippen molar-refractivity contribution < 1.29 is 4.79 Å². The van der Waals surface area contributed by atoms with Gasteiger partial charge in [0.15, 0.2) is 0 Å². The van der Waals surface area contributed by atoms with Crippen molar-refractivity contribution in [2.45, 2.75) is 26.2 Å². The van der Waals surface area contributed by atoms with Crippen LogP contribution < -0.4 is 11.1 Å². The van der Waals surface area contributed by atoms with E-state index in [2.05, 4.69) is 12.2 Å². The van der Waals surface area contributed by atoms with Gasteiger partial charge in [-0.15, -0.1) is 0 Å². The van der Waals surface area contributed by atoms with Crippen LogP contribution in [0.5, 0.6) is 0 Å². The Morgan fingerprint density at radius 3 is 2.80 bits per heavy atom. The maximum absolute atomic E-state index is 11.6. The summed E-state index contributed by atoms with van der Waals surface area (Å²) in [4.78, 5) is 11.6. The summed E-state index contributed by atoms with van der Waals surface area (Å²) in [6, 6.07) is 5.48. The van der Waals surface area contributed by atoms with Crippen LogP contribution in [-0.2, 0) is 6.42 Å². The zero-order valence-corrected chi connectivity index (χ0v) is 9.34. The molecule has 0 bridgehead atoms. The Morgan fingerprint density at radius 1 is 1.47 bits per heavy atom. The number of carbonyl (C=O) groups excluding carboxylic acids is 1. The zero-order valence-electron chi connectivity index (χ0n) is 9.34. The number of hydrogen-bond acceptors (Lipinski definition) is 2. The van der Waals surface area contributed by atoms with E-state index in [9.17, 15) is 4.79 Å². The highest BCUT2D eigenvalue weighted by Gasteiger charge is 2.11. The topological polar surface area (TPSA) is 55.1 Å². The molecular formula is C12H18N2O. The lowest BCUT2D eigenvalue weighted by atomic mass is 9.99. The molecule has 15 heavy (non-hydrogen) atoms. The molecule has 3 N–H and O–H groups in total. The summed E-state index contributed by atoms with van der Waals surface area (Å²) >= 11 is 0. The number of unbranched alkanes of at least 4 members (excludes halogenated alkanes) is 1. The Bertz CT molecular complexity index is 347. The minimum atomic E-state index is -0.0617. The molecule has 0 saturated carbocycles. The third-order valence-electron chi connectivity index (χ3n) is 2.46. The fourth-order valence-corrected chi connectivity index (χ4v) is 1.58. The zero-order chi connectivity index (χ0) is 11.3. The minimum Gasteiger partial charge on any atom is -0.398 e. The fraction of sp³-hybridized carbons (Fsp3) is 0.417. The highest BCUT2D eigenvalue weighted by atomic mass is 16.1. The minimum absolute atomic E-state index is 0.0617. The van der Waals surface area contributed by atoms with E-state index in [1.807, 2.05) is 18.2 Å². The van der Waals surface area contributed by atoms with Gasteiger partial charge in [-0.3, -0.25) is 4.79 Å². The van der Waals surface area contributed by atoms with Crippen LogP contribution in [0, 0.1) is 0 Å². The van der Waals surface area contributed by atoms with Crippen molar-refractivity contribution in [1.29, 1.82) is 0 Å². The quantitative estimate of drug-likeness (QED) is 0.740. The van der Waals surface area contributed by atoms with E-state index in [1.54, 1.807) is 7.05 Å². The van der Waals surface area contributed by atoms with E-state index in [-0.39, 0.29) is 5.91 Å². The first kappa shape index (κ1) is 11.6. The van der Waals surface area contributed by atoms with Crippen molar-refractivity contribution >= 4 is 11.6 Å². The normalized spacial score (nSPS) is 10.0. The van der Waals surface area contributed by atoms with Crippen molar-refractivity contribution in [2.75, 3.05) is 12.8 Å². The van der Waals surface area contributed by atoms with Crippen molar-refractivity contribution in [2.24, 2.45) is 0 Å². The van der Waals surface area contributed by atoms with E-state index in [1.165, 1.54) is 0 Å². The number of nitrogens with one attached hydrogen (secondary N) is 1. The van der Waals surface area contributed by atoms with Crippen LogP contribution in [-0.4, -0.2) is 13.0 Å². The summed E-state index contributed by atoms with van der Waals surface area (Å²) in [5.41, 5.74) is 8.26. The van der Waals surface area contributed by atoms with Crippen LogP contribution in [0.3, 0.4) is 0 Å². The molecule has 0 saturated heterocycles. The lowest BCUT2D eigenvalue weighted by Crippen LogP contribution is -2.20. The summed E-state index contributed by atoms with van der Waals surface area (Å²) < 4.78 is 0. The third-order valence-corrected chi connectivity index (χ3v) is 2.46. The standard InChI is InChI=1S/C12H18N2O/c1-3-4-6-9-10(12(15)14-2)7-5-8-11(9)13/h5,7-8H,3-4,6,13H2,1-2H3,(H,14,15). The molecule has 0 radical (unpaired) electrons. The van der Waals surface area contributed by atoms with E-state index in [0.29, 0.717) is 11.3 Å². The van der Waals surface area contributed by atoms with E-state index < -0.39 is 0 Å². The Labute approximate surface area is 90.7 Å². The Morgan fingerprint density at radius 2 is 2.20 bits per heavy atom. The predicted octanol–water partition coefficient (Wildman–Crippen LogP) is 1.97. The first-order chi connectivity index (χ1) is 7.20. The molecule has 1 aromatic carbocycles. The number of benzene rings is 1. The molecule has 0 aromatic heterocycles.